The molecule has 0 aliphatic carbocycles. The summed E-state index contributed by atoms with van der Waals surface area (Å²) in [4.78, 5) is 19.0. The van der Waals surface area contributed by atoms with E-state index in [-0.39, 0.29) is 5.56 Å². The highest BCUT2D eigenvalue weighted by Crippen LogP contribution is 2.40. The molecular weight excluding hydrogens is 651 g/mol. The third-order valence-corrected chi connectivity index (χ3v) is 10.5. The molecule has 0 amide bonds. The Bertz CT molecular complexity index is 3300. The molecule has 0 atom stereocenters. The molecule has 0 bridgehead atoms. The zero-order valence-corrected chi connectivity index (χ0v) is 28.4. The molecule has 0 aliphatic heterocycles. The van der Waals surface area contributed by atoms with Crippen LogP contribution in [0.2, 0.25) is 0 Å². The van der Waals surface area contributed by atoms with Crippen LogP contribution >= 0.6 is 0 Å². The summed E-state index contributed by atoms with van der Waals surface area (Å²) in [5.74, 6) is 0.583. The standard InChI is InChI=1S/C48H29N3O2/c52-48-38-17-9-10-18-42(38)49-47(51(48)35-14-5-2-6-15-35)33-22-26-45-41(29-33)40-28-32(21-25-44(40)53-45)31-20-24-43-39(27-31)37-23-19-30-11-7-8-16-36(30)46(37)50(43)34-12-3-1-4-13-34/h1-29H. The third-order valence-electron chi connectivity index (χ3n) is 10.5. The lowest BCUT2D eigenvalue weighted by Crippen LogP contribution is -2.21. The van der Waals surface area contributed by atoms with Crippen molar-refractivity contribution in [2.24, 2.45) is 0 Å². The molecule has 0 radical (unpaired) electrons. The van der Waals surface area contributed by atoms with Crippen LogP contribution in [-0.2, 0) is 0 Å². The largest absolute Gasteiger partial charge is 0.456 e. The molecule has 11 rings (SSSR count). The molecule has 8 aromatic carbocycles. The summed E-state index contributed by atoms with van der Waals surface area (Å²) in [7, 11) is 0. The normalized spacial score (nSPS) is 11.8. The minimum atomic E-state index is -0.103. The van der Waals surface area contributed by atoms with Gasteiger partial charge in [-0.05, 0) is 95.4 Å². The summed E-state index contributed by atoms with van der Waals surface area (Å²) in [5, 5.41) is 7.42. The van der Waals surface area contributed by atoms with Gasteiger partial charge in [0.15, 0.2) is 0 Å². The Morgan fingerprint density at radius 1 is 0.434 bits per heavy atom. The van der Waals surface area contributed by atoms with Crippen molar-refractivity contribution in [3.8, 4) is 33.9 Å². The summed E-state index contributed by atoms with van der Waals surface area (Å²) in [6, 6.07) is 60.2. The number of para-hydroxylation sites is 3. The zero-order chi connectivity index (χ0) is 35.0. The second kappa shape index (κ2) is 11.4. The van der Waals surface area contributed by atoms with Crippen LogP contribution in [0.4, 0.5) is 0 Å². The Morgan fingerprint density at radius 2 is 1.02 bits per heavy atom. The lowest BCUT2D eigenvalue weighted by Gasteiger charge is -2.14. The van der Waals surface area contributed by atoms with Gasteiger partial charge in [0.25, 0.3) is 5.56 Å². The summed E-state index contributed by atoms with van der Waals surface area (Å²) in [5.41, 5.74) is 9.48. The smallest absolute Gasteiger partial charge is 0.266 e. The zero-order valence-electron chi connectivity index (χ0n) is 28.4. The van der Waals surface area contributed by atoms with Gasteiger partial charge in [-0.15, -0.1) is 0 Å². The predicted molar refractivity (Wildman–Crippen MR) is 217 cm³/mol. The van der Waals surface area contributed by atoms with Crippen LogP contribution in [0.3, 0.4) is 0 Å². The van der Waals surface area contributed by atoms with E-state index in [4.69, 9.17) is 9.40 Å². The summed E-state index contributed by atoms with van der Waals surface area (Å²) in [6.45, 7) is 0. The molecule has 3 aromatic heterocycles. The molecule has 5 nitrogen and oxygen atoms in total. The van der Waals surface area contributed by atoms with Crippen LogP contribution in [0.1, 0.15) is 0 Å². The fourth-order valence-electron chi connectivity index (χ4n) is 8.04. The van der Waals surface area contributed by atoms with Crippen LogP contribution in [0.25, 0.3) is 99.3 Å². The number of furan rings is 1. The number of rotatable bonds is 4. The SMILES string of the molecule is O=c1c2ccccc2nc(-c2ccc3oc4ccc(-c5ccc6c(c5)c5ccc7ccccc7c5n6-c5ccccc5)cc4c3c2)n1-c1ccccc1. The number of fused-ring (bicyclic) bond motifs is 9. The molecular formula is C48H29N3O2. The van der Waals surface area contributed by atoms with Crippen LogP contribution < -0.4 is 5.56 Å². The average molecular weight is 680 g/mol. The molecule has 0 saturated carbocycles. The van der Waals surface area contributed by atoms with Crippen molar-refractivity contribution in [2.75, 3.05) is 0 Å². The maximum absolute atomic E-state index is 14.0. The first-order chi connectivity index (χ1) is 26.2. The maximum atomic E-state index is 14.0. The van der Waals surface area contributed by atoms with E-state index >= 15 is 0 Å². The van der Waals surface area contributed by atoms with Gasteiger partial charge in [-0.25, -0.2) is 4.98 Å². The monoisotopic (exact) mass is 679 g/mol. The van der Waals surface area contributed by atoms with Gasteiger partial charge < -0.3 is 8.98 Å². The lowest BCUT2D eigenvalue weighted by molar-refractivity contribution is 0.669. The first-order valence-corrected chi connectivity index (χ1v) is 17.8. The van der Waals surface area contributed by atoms with Crippen molar-refractivity contribution in [3.05, 3.63) is 186 Å². The van der Waals surface area contributed by atoms with Crippen molar-refractivity contribution in [2.45, 2.75) is 0 Å². The van der Waals surface area contributed by atoms with Crippen molar-refractivity contribution < 1.29 is 4.42 Å². The summed E-state index contributed by atoms with van der Waals surface area (Å²) >= 11 is 0. The molecule has 53 heavy (non-hydrogen) atoms. The molecule has 11 aromatic rings. The minimum absolute atomic E-state index is 0.103. The van der Waals surface area contributed by atoms with E-state index in [1.165, 1.54) is 27.1 Å². The Labute approximate surface area is 303 Å². The van der Waals surface area contributed by atoms with Crippen molar-refractivity contribution in [1.29, 1.82) is 0 Å². The Kier molecular flexibility index (Phi) is 6.34. The average Bonchev–Trinajstić information content (AvgIpc) is 3.76. The van der Waals surface area contributed by atoms with Gasteiger partial charge in [-0.1, -0.05) is 97.1 Å². The first kappa shape index (κ1) is 29.5. The minimum Gasteiger partial charge on any atom is -0.456 e. The fourth-order valence-corrected chi connectivity index (χ4v) is 8.04. The van der Waals surface area contributed by atoms with E-state index in [1.807, 2.05) is 66.7 Å². The van der Waals surface area contributed by atoms with E-state index in [1.54, 1.807) is 4.57 Å². The quantitative estimate of drug-likeness (QED) is 0.186. The number of hydrogen-bond acceptors (Lipinski definition) is 3. The lowest BCUT2D eigenvalue weighted by atomic mass is 9.99. The number of hydrogen-bond donors (Lipinski definition) is 0. The Balaban J connectivity index is 1.11. The molecule has 0 spiro atoms. The van der Waals surface area contributed by atoms with Gasteiger partial charge in [-0.3, -0.25) is 9.36 Å². The van der Waals surface area contributed by atoms with Crippen molar-refractivity contribution in [1.82, 2.24) is 14.1 Å². The van der Waals surface area contributed by atoms with E-state index < -0.39 is 0 Å². The van der Waals surface area contributed by atoms with E-state index in [9.17, 15) is 4.79 Å². The van der Waals surface area contributed by atoms with Gasteiger partial charge in [0, 0.05) is 38.2 Å². The Morgan fingerprint density at radius 3 is 1.77 bits per heavy atom. The highest BCUT2D eigenvalue weighted by Gasteiger charge is 2.19. The molecule has 0 saturated heterocycles. The van der Waals surface area contributed by atoms with Crippen LogP contribution in [0, 0.1) is 0 Å². The van der Waals surface area contributed by atoms with Gasteiger partial charge in [0.1, 0.15) is 17.0 Å². The number of benzene rings is 8. The van der Waals surface area contributed by atoms with Gasteiger partial charge >= 0.3 is 0 Å². The molecule has 0 aliphatic rings. The highest BCUT2D eigenvalue weighted by atomic mass is 16.3. The van der Waals surface area contributed by atoms with E-state index in [0.717, 1.165) is 55.5 Å². The molecule has 0 fully saturated rings. The predicted octanol–water partition coefficient (Wildman–Crippen LogP) is 11.9. The van der Waals surface area contributed by atoms with E-state index in [2.05, 4.69) is 114 Å². The van der Waals surface area contributed by atoms with Gasteiger partial charge in [-0.2, -0.15) is 0 Å². The first-order valence-electron chi connectivity index (χ1n) is 17.8. The van der Waals surface area contributed by atoms with Gasteiger partial charge in [0.2, 0.25) is 0 Å². The highest BCUT2D eigenvalue weighted by molar-refractivity contribution is 6.19. The van der Waals surface area contributed by atoms with Crippen LogP contribution in [0.5, 0.6) is 0 Å². The van der Waals surface area contributed by atoms with E-state index in [0.29, 0.717) is 16.7 Å². The number of aromatic nitrogens is 3. The van der Waals surface area contributed by atoms with Crippen molar-refractivity contribution in [3.63, 3.8) is 0 Å². The molecule has 0 unspecified atom stereocenters. The molecule has 248 valence electrons. The molecule has 5 heteroatoms. The summed E-state index contributed by atoms with van der Waals surface area (Å²) < 4.78 is 10.5. The third kappa shape index (κ3) is 4.51. The second-order valence-corrected chi connectivity index (χ2v) is 13.5. The molecule has 0 N–H and O–H groups in total. The summed E-state index contributed by atoms with van der Waals surface area (Å²) in [6.07, 6.45) is 0. The Hall–Kier alpha value is -7.24. The van der Waals surface area contributed by atoms with Crippen LogP contribution in [-0.4, -0.2) is 14.1 Å². The molecule has 3 heterocycles. The number of nitrogens with zero attached hydrogens (tertiary/aromatic N) is 3. The van der Waals surface area contributed by atoms with Crippen LogP contribution in [0.15, 0.2) is 185 Å². The van der Waals surface area contributed by atoms with Crippen molar-refractivity contribution >= 4 is 65.4 Å². The second-order valence-electron chi connectivity index (χ2n) is 13.5. The maximum Gasteiger partial charge on any atom is 0.266 e. The fraction of sp³-hybridized carbons (Fsp3) is 0. The topological polar surface area (TPSA) is 53.0 Å². The van der Waals surface area contributed by atoms with Gasteiger partial charge in [0.05, 0.1) is 27.6 Å².